The van der Waals surface area contributed by atoms with Crippen LogP contribution in [0.5, 0.6) is 0 Å². The number of nitrogens with zero attached hydrogens (tertiary/aromatic N) is 2. The van der Waals surface area contributed by atoms with Gasteiger partial charge in [0, 0.05) is 31.7 Å². The summed E-state index contributed by atoms with van der Waals surface area (Å²) >= 11 is 0. The van der Waals surface area contributed by atoms with Crippen molar-refractivity contribution < 1.29 is 4.79 Å². The summed E-state index contributed by atoms with van der Waals surface area (Å²) in [6.45, 7) is 2.33. The van der Waals surface area contributed by atoms with Gasteiger partial charge in [0.25, 0.3) is 0 Å². The summed E-state index contributed by atoms with van der Waals surface area (Å²) < 4.78 is 0. The second kappa shape index (κ2) is 8.18. The van der Waals surface area contributed by atoms with Crippen molar-refractivity contribution in [2.24, 2.45) is 10.7 Å². The van der Waals surface area contributed by atoms with Crippen molar-refractivity contribution >= 4 is 17.6 Å². The number of nitrogens with two attached hydrogens (primary N) is 1. The molecule has 0 unspecified atom stereocenters. The van der Waals surface area contributed by atoms with Crippen molar-refractivity contribution in [1.82, 2.24) is 4.90 Å². The Hall–Kier alpha value is -2.04. The summed E-state index contributed by atoms with van der Waals surface area (Å²) in [4.78, 5) is 18.3. The minimum atomic E-state index is 0.292. The van der Waals surface area contributed by atoms with Crippen LogP contribution in [0.15, 0.2) is 23.2 Å². The molecule has 24 heavy (non-hydrogen) atoms. The predicted octanol–water partition coefficient (Wildman–Crippen LogP) is 2.69. The van der Waals surface area contributed by atoms with E-state index in [9.17, 15) is 4.79 Å². The fourth-order valence-corrected chi connectivity index (χ4v) is 3.57. The molecule has 5 nitrogen and oxygen atoms in total. The fraction of sp³-hybridized carbons (Fsp3) is 0.579. The smallest absolute Gasteiger partial charge is 0.222 e. The van der Waals surface area contributed by atoms with Crippen LogP contribution < -0.4 is 11.1 Å². The molecule has 2 aliphatic rings. The first-order valence-corrected chi connectivity index (χ1v) is 9.19. The van der Waals surface area contributed by atoms with Crippen LogP contribution in [0.1, 0.15) is 49.7 Å². The Morgan fingerprint density at radius 2 is 2.00 bits per heavy atom. The van der Waals surface area contributed by atoms with E-state index in [0.29, 0.717) is 24.8 Å². The van der Waals surface area contributed by atoms with Crippen molar-refractivity contribution in [3.8, 4) is 0 Å². The molecule has 1 aromatic carbocycles. The molecule has 1 heterocycles. The van der Waals surface area contributed by atoms with Gasteiger partial charge in [0.05, 0.1) is 0 Å². The lowest BCUT2D eigenvalue weighted by atomic mass is 10.1. The number of carbonyl (C=O) groups is 1. The third-order valence-corrected chi connectivity index (χ3v) is 4.91. The molecule has 3 N–H and O–H groups in total. The number of anilines is 1. The van der Waals surface area contributed by atoms with E-state index < -0.39 is 0 Å². The molecule has 0 aromatic heterocycles. The minimum Gasteiger partial charge on any atom is -0.370 e. The molecule has 1 aliphatic heterocycles. The van der Waals surface area contributed by atoms with Crippen LogP contribution >= 0.6 is 0 Å². The molecular formula is C19H28N4O. The van der Waals surface area contributed by atoms with Gasteiger partial charge in [-0.3, -0.25) is 9.79 Å². The number of likely N-dealkylation sites (tertiary alicyclic amines) is 1. The first kappa shape index (κ1) is 16.8. The molecule has 3 rings (SSSR count). The second-order valence-electron chi connectivity index (χ2n) is 6.77. The van der Waals surface area contributed by atoms with Gasteiger partial charge in [-0.05, 0) is 61.8 Å². The molecule has 0 bridgehead atoms. The van der Waals surface area contributed by atoms with Crippen LogP contribution in [0.3, 0.4) is 0 Å². The Morgan fingerprint density at radius 1 is 1.12 bits per heavy atom. The summed E-state index contributed by atoms with van der Waals surface area (Å²) in [6.07, 6.45) is 8.47. The number of hydrogen-bond donors (Lipinski definition) is 2. The van der Waals surface area contributed by atoms with Crippen LogP contribution in [0.25, 0.3) is 0 Å². The van der Waals surface area contributed by atoms with Crippen LogP contribution in [-0.2, 0) is 17.6 Å². The van der Waals surface area contributed by atoms with Crippen LogP contribution in [0.2, 0.25) is 0 Å². The number of guanidine groups is 1. The van der Waals surface area contributed by atoms with Gasteiger partial charge in [-0.2, -0.15) is 0 Å². The zero-order valence-electron chi connectivity index (χ0n) is 14.4. The first-order chi connectivity index (χ1) is 11.7. The summed E-state index contributed by atoms with van der Waals surface area (Å²) in [6, 6.07) is 6.44. The van der Waals surface area contributed by atoms with E-state index in [1.165, 1.54) is 24.0 Å². The van der Waals surface area contributed by atoms with Gasteiger partial charge in [0.2, 0.25) is 5.91 Å². The maximum atomic E-state index is 11.9. The average molecular weight is 328 g/mol. The normalized spacial score (nSPS) is 18.4. The quantitative estimate of drug-likeness (QED) is 0.496. The predicted molar refractivity (Wildman–Crippen MR) is 98.2 cm³/mol. The lowest BCUT2D eigenvalue weighted by Crippen LogP contribution is -2.31. The van der Waals surface area contributed by atoms with E-state index in [-0.39, 0.29) is 0 Å². The number of fused-ring (bicyclic) bond motifs is 1. The van der Waals surface area contributed by atoms with Gasteiger partial charge in [-0.15, -0.1) is 0 Å². The molecule has 0 spiro atoms. The number of rotatable bonds is 5. The Kier molecular flexibility index (Phi) is 5.72. The van der Waals surface area contributed by atoms with Gasteiger partial charge < -0.3 is 16.0 Å². The summed E-state index contributed by atoms with van der Waals surface area (Å²) in [5, 5.41) is 3.18. The van der Waals surface area contributed by atoms with Gasteiger partial charge >= 0.3 is 0 Å². The number of benzene rings is 1. The Morgan fingerprint density at radius 3 is 2.92 bits per heavy atom. The maximum Gasteiger partial charge on any atom is 0.222 e. The maximum absolute atomic E-state index is 11.9. The van der Waals surface area contributed by atoms with Crippen LogP contribution in [-0.4, -0.2) is 36.4 Å². The number of hydrogen-bond acceptors (Lipinski definition) is 2. The molecule has 1 saturated heterocycles. The van der Waals surface area contributed by atoms with E-state index in [2.05, 4.69) is 28.5 Å². The SMILES string of the molecule is NC(=NCCCN1CCCCCC1=O)Nc1ccc2c(c1)CCC2. The lowest BCUT2D eigenvalue weighted by molar-refractivity contribution is -0.130. The third kappa shape index (κ3) is 4.49. The molecule has 5 heteroatoms. The Balaban J connectivity index is 1.43. The molecule has 1 fully saturated rings. The zero-order valence-corrected chi connectivity index (χ0v) is 14.4. The minimum absolute atomic E-state index is 0.292. The Bertz CT molecular complexity index is 611. The molecule has 0 radical (unpaired) electrons. The van der Waals surface area contributed by atoms with Crippen molar-refractivity contribution in [2.45, 2.75) is 51.4 Å². The van der Waals surface area contributed by atoms with Gasteiger partial charge in [0.15, 0.2) is 5.96 Å². The fourth-order valence-electron chi connectivity index (χ4n) is 3.57. The first-order valence-electron chi connectivity index (χ1n) is 9.19. The van der Waals surface area contributed by atoms with E-state index in [0.717, 1.165) is 50.9 Å². The molecule has 1 amide bonds. The van der Waals surface area contributed by atoms with E-state index in [1.54, 1.807) is 0 Å². The number of aliphatic imine (C=N–C) groups is 1. The average Bonchev–Trinajstić information content (AvgIpc) is 2.94. The second-order valence-corrected chi connectivity index (χ2v) is 6.77. The van der Waals surface area contributed by atoms with Gasteiger partial charge in [-0.1, -0.05) is 12.5 Å². The number of aryl methyl sites for hydroxylation is 2. The number of nitrogens with one attached hydrogen (secondary N) is 1. The molecule has 1 aromatic rings. The van der Waals surface area contributed by atoms with E-state index in [4.69, 9.17) is 5.73 Å². The Labute approximate surface area is 144 Å². The van der Waals surface area contributed by atoms with Crippen LogP contribution in [0, 0.1) is 0 Å². The zero-order chi connectivity index (χ0) is 16.8. The topological polar surface area (TPSA) is 70.7 Å². The largest absolute Gasteiger partial charge is 0.370 e. The number of carbonyl (C=O) groups excluding carboxylic acids is 1. The van der Waals surface area contributed by atoms with Gasteiger partial charge in [0.1, 0.15) is 0 Å². The van der Waals surface area contributed by atoms with Crippen molar-refractivity contribution in [3.63, 3.8) is 0 Å². The van der Waals surface area contributed by atoms with Crippen LogP contribution in [0.4, 0.5) is 5.69 Å². The standard InChI is InChI=1S/C19H28N4O/c20-19(22-17-10-9-15-6-4-7-16(15)14-17)21-11-5-13-23-12-3-1-2-8-18(23)24/h9-10,14H,1-8,11-13H2,(H3,20,21,22). The van der Waals surface area contributed by atoms with E-state index >= 15 is 0 Å². The monoisotopic (exact) mass is 328 g/mol. The van der Waals surface area contributed by atoms with Crippen molar-refractivity contribution in [1.29, 1.82) is 0 Å². The molecule has 0 atom stereocenters. The van der Waals surface area contributed by atoms with Gasteiger partial charge in [-0.25, -0.2) is 0 Å². The highest BCUT2D eigenvalue weighted by atomic mass is 16.2. The third-order valence-electron chi connectivity index (χ3n) is 4.91. The highest BCUT2D eigenvalue weighted by molar-refractivity contribution is 5.92. The number of amides is 1. The molecular weight excluding hydrogens is 300 g/mol. The van der Waals surface area contributed by atoms with E-state index in [1.807, 2.05) is 4.90 Å². The highest BCUT2D eigenvalue weighted by Gasteiger charge is 2.15. The summed E-state index contributed by atoms with van der Waals surface area (Å²) in [7, 11) is 0. The summed E-state index contributed by atoms with van der Waals surface area (Å²) in [5.41, 5.74) is 9.87. The molecule has 1 aliphatic carbocycles. The molecule has 0 saturated carbocycles. The van der Waals surface area contributed by atoms with Crippen molar-refractivity contribution in [3.05, 3.63) is 29.3 Å². The molecule has 130 valence electrons. The summed E-state index contributed by atoms with van der Waals surface area (Å²) in [5.74, 6) is 0.746. The lowest BCUT2D eigenvalue weighted by Gasteiger charge is -2.19. The highest BCUT2D eigenvalue weighted by Crippen LogP contribution is 2.24. The van der Waals surface area contributed by atoms with Crippen molar-refractivity contribution in [2.75, 3.05) is 25.0 Å².